The van der Waals surface area contributed by atoms with E-state index in [0.29, 0.717) is 23.1 Å². The zero-order valence-corrected chi connectivity index (χ0v) is 11.3. The Hall–Kier alpha value is -2.21. The van der Waals surface area contributed by atoms with Crippen molar-refractivity contribution >= 4 is 21.6 Å². The molecule has 0 aliphatic heterocycles. The summed E-state index contributed by atoms with van der Waals surface area (Å²) in [5.41, 5.74) is 7.82. The van der Waals surface area contributed by atoms with E-state index >= 15 is 0 Å². The molecule has 0 aliphatic carbocycles. The Morgan fingerprint density at radius 2 is 2.05 bits per heavy atom. The van der Waals surface area contributed by atoms with Crippen LogP contribution in [0.4, 0.5) is 5.69 Å². The fraction of sp³-hybridized carbons (Fsp3) is 0. The molecule has 6 heteroatoms. The van der Waals surface area contributed by atoms with Crippen molar-refractivity contribution in [2.45, 2.75) is 0 Å². The van der Waals surface area contributed by atoms with Gasteiger partial charge in [-0.05, 0) is 46.3 Å². The lowest BCUT2D eigenvalue weighted by Gasteiger charge is -1.95. The number of anilines is 1. The Labute approximate surface area is 117 Å². The SMILES string of the molecule is Nc1cccc(-c2nc(-c3ccc(Br)cn3)no2)c1. The molecule has 2 N–H and O–H groups in total. The molecule has 0 fully saturated rings. The van der Waals surface area contributed by atoms with E-state index in [-0.39, 0.29) is 0 Å². The highest BCUT2D eigenvalue weighted by molar-refractivity contribution is 9.10. The molecule has 0 saturated heterocycles. The minimum atomic E-state index is 0.423. The van der Waals surface area contributed by atoms with Crippen molar-refractivity contribution in [3.05, 3.63) is 47.1 Å². The van der Waals surface area contributed by atoms with E-state index in [1.165, 1.54) is 0 Å². The molecule has 5 nitrogen and oxygen atoms in total. The van der Waals surface area contributed by atoms with Crippen LogP contribution in [0.3, 0.4) is 0 Å². The van der Waals surface area contributed by atoms with Crippen molar-refractivity contribution < 1.29 is 4.52 Å². The van der Waals surface area contributed by atoms with E-state index in [2.05, 4.69) is 31.1 Å². The summed E-state index contributed by atoms with van der Waals surface area (Å²) < 4.78 is 6.12. The van der Waals surface area contributed by atoms with E-state index in [0.717, 1.165) is 10.0 Å². The molecule has 2 aromatic heterocycles. The van der Waals surface area contributed by atoms with Crippen LogP contribution < -0.4 is 5.73 Å². The quantitative estimate of drug-likeness (QED) is 0.735. The molecule has 0 saturated carbocycles. The summed E-state index contributed by atoms with van der Waals surface area (Å²) in [6.45, 7) is 0. The Morgan fingerprint density at radius 3 is 2.79 bits per heavy atom. The van der Waals surface area contributed by atoms with E-state index in [9.17, 15) is 0 Å². The third kappa shape index (κ3) is 2.48. The highest BCUT2D eigenvalue weighted by atomic mass is 79.9. The van der Waals surface area contributed by atoms with Gasteiger partial charge in [0.2, 0.25) is 5.82 Å². The molecule has 0 atom stereocenters. The molecule has 0 amide bonds. The highest BCUT2D eigenvalue weighted by Gasteiger charge is 2.11. The molecule has 0 bridgehead atoms. The first-order valence-electron chi connectivity index (χ1n) is 5.54. The van der Waals surface area contributed by atoms with Crippen molar-refractivity contribution in [3.63, 3.8) is 0 Å². The molecular weight excluding hydrogens is 308 g/mol. The summed E-state index contributed by atoms with van der Waals surface area (Å²) in [4.78, 5) is 8.53. The number of hydrogen-bond donors (Lipinski definition) is 1. The van der Waals surface area contributed by atoms with Crippen LogP contribution in [0.25, 0.3) is 23.0 Å². The first-order valence-corrected chi connectivity index (χ1v) is 6.33. The molecular formula is C13H9BrN4O. The van der Waals surface area contributed by atoms with Crippen LogP contribution in [0.5, 0.6) is 0 Å². The summed E-state index contributed by atoms with van der Waals surface area (Å²) in [5, 5.41) is 3.92. The lowest BCUT2D eigenvalue weighted by molar-refractivity contribution is 0.432. The largest absolute Gasteiger partial charge is 0.399 e. The molecule has 1 aromatic carbocycles. The van der Waals surface area contributed by atoms with Crippen molar-refractivity contribution in [3.8, 4) is 23.0 Å². The fourth-order valence-corrected chi connectivity index (χ4v) is 1.86. The average Bonchev–Trinajstić information content (AvgIpc) is 2.89. The second-order valence-electron chi connectivity index (χ2n) is 3.91. The van der Waals surface area contributed by atoms with Gasteiger partial charge in [0.25, 0.3) is 5.89 Å². The third-order valence-corrected chi connectivity index (χ3v) is 2.99. The number of aromatic nitrogens is 3. The molecule has 0 unspecified atom stereocenters. The number of rotatable bonds is 2. The molecule has 0 aliphatic rings. The normalized spacial score (nSPS) is 10.6. The van der Waals surface area contributed by atoms with Crippen LogP contribution in [-0.4, -0.2) is 15.1 Å². The van der Waals surface area contributed by atoms with Gasteiger partial charge in [0, 0.05) is 21.9 Å². The Balaban J connectivity index is 1.97. The van der Waals surface area contributed by atoms with Gasteiger partial charge < -0.3 is 10.3 Å². The fourth-order valence-electron chi connectivity index (χ4n) is 1.62. The zero-order valence-electron chi connectivity index (χ0n) is 9.75. The monoisotopic (exact) mass is 316 g/mol. The predicted molar refractivity (Wildman–Crippen MR) is 75.1 cm³/mol. The maximum absolute atomic E-state index is 5.72. The number of hydrogen-bond acceptors (Lipinski definition) is 5. The second kappa shape index (κ2) is 4.81. The van der Waals surface area contributed by atoms with Gasteiger partial charge in [0.1, 0.15) is 5.69 Å². The van der Waals surface area contributed by atoms with E-state index in [1.54, 1.807) is 18.3 Å². The van der Waals surface area contributed by atoms with Gasteiger partial charge >= 0.3 is 0 Å². The smallest absolute Gasteiger partial charge is 0.258 e. The topological polar surface area (TPSA) is 77.8 Å². The maximum atomic E-state index is 5.72. The lowest BCUT2D eigenvalue weighted by Crippen LogP contribution is -1.86. The van der Waals surface area contributed by atoms with Gasteiger partial charge in [0.05, 0.1) is 0 Å². The van der Waals surface area contributed by atoms with Crippen molar-refractivity contribution in [2.24, 2.45) is 0 Å². The molecule has 0 spiro atoms. The number of benzene rings is 1. The van der Waals surface area contributed by atoms with Crippen molar-refractivity contribution in [2.75, 3.05) is 5.73 Å². The van der Waals surface area contributed by atoms with Crippen molar-refractivity contribution in [1.29, 1.82) is 0 Å². The Morgan fingerprint density at radius 1 is 1.16 bits per heavy atom. The minimum Gasteiger partial charge on any atom is -0.399 e. The van der Waals surface area contributed by atoms with Crippen LogP contribution in [0.15, 0.2) is 51.6 Å². The van der Waals surface area contributed by atoms with Gasteiger partial charge in [-0.25, -0.2) is 0 Å². The third-order valence-electron chi connectivity index (χ3n) is 2.52. The van der Waals surface area contributed by atoms with Gasteiger partial charge in [-0.1, -0.05) is 11.2 Å². The Kier molecular flexibility index (Phi) is 3.00. The first-order chi connectivity index (χ1) is 9.22. The summed E-state index contributed by atoms with van der Waals surface area (Å²) in [6, 6.07) is 11.0. The molecule has 19 heavy (non-hydrogen) atoms. The lowest BCUT2D eigenvalue weighted by atomic mass is 10.2. The van der Waals surface area contributed by atoms with Crippen LogP contribution >= 0.6 is 15.9 Å². The Bertz CT molecular complexity index is 709. The molecule has 0 radical (unpaired) electrons. The zero-order chi connectivity index (χ0) is 13.2. The summed E-state index contributed by atoms with van der Waals surface area (Å²) in [6.07, 6.45) is 1.69. The summed E-state index contributed by atoms with van der Waals surface area (Å²) >= 11 is 3.33. The molecule has 2 heterocycles. The average molecular weight is 317 g/mol. The van der Waals surface area contributed by atoms with Crippen LogP contribution in [-0.2, 0) is 0 Å². The molecule has 94 valence electrons. The number of nitrogens with two attached hydrogens (primary N) is 1. The number of nitrogens with zero attached hydrogens (tertiary/aromatic N) is 3. The molecule has 3 aromatic rings. The van der Waals surface area contributed by atoms with Gasteiger partial charge in [-0.2, -0.15) is 4.98 Å². The maximum Gasteiger partial charge on any atom is 0.258 e. The standard InChI is InChI=1S/C13H9BrN4O/c14-9-4-5-11(16-7-9)12-17-13(19-18-12)8-2-1-3-10(15)6-8/h1-7H,15H2. The number of nitrogen functional groups attached to an aromatic ring is 1. The first kappa shape index (κ1) is 11.9. The van der Waals surface area contributed by atoms with Crippen LogP contribution in [0.2, 0.25) is 0 Å². The second-order valence-corrected chi connectivity index (χ2v) is 4.83. The number of halogens is 1. The van der Waals surface area contributed by atoms with Crippen LogP contribution in [0.1, 0.15) is 0 Å². The molecule has 3 rings (SSSR count). The van der Waals surface area contributed by atoms with Crippen molar-refractivity contribution in [1.82, 2.24) is 15.1 Å². The summed E-state index contributed by atoms with van der Waals surface area (Å²) in [7, 11) is 0. The number of pyridine rings is 1. The summed E-state index contributed by atoms with van der Waals surface area (Å²) in [5.74, 6) is 0.872. The predicted octanol–water partition coefficient (Wildman–Crippen LogP) is 3.14. The van der Waals surface area contributed by atoms with Gasteiger partial charge in [-0.15, -0.1) is 0 Å². The highest BCUT2D eigenvalue weighted by Crippen LogP contribution is 2.23. The van der Waals surface area contributed by atoms with Gasteiger partial charge in [0.15, 0.2) is 0 Å². The van der Waals surface area contributed by atoms with E-state index in [1.807, 2.05) is 24.3 Å². The van der Waals surface area contributed by atoms with E-state index in [4.69, 9.17) is 10.3 Å². The minimum absolute atomic E-state index is 0.423. The van der Waals surface area contributed by atoms with Crippen LogP contribution in [0, 0.1) is 0 Å². The van der Waals surface area contributed by atoms with E-state index < -0.39 is 0 Å². The van der Waals surface area contributed by atoms with Gasteiger partial charge in [-0.3, -0.25) is 4.98 Å².